The number of hydrogen-bond acceptors (Lipinski definition) is 3. The molecular weight excluding hydrogens is 321 g/mol. The van der Waals surface area contributed by atoms with Crippen LogP contribution < -0.4 is 5.32 Å². The number of pyridine rings is 1. The SMILES string of the molecule is CCC(=O)Nc1cnn(Cc2ncc(C(F)(F)F)cc2Cl)c1. The monoisotopic (exact) mass is 332 g/mol. The molecule has 118 valence electrons. The van der Waals surface area contributed by atoms with E-state index in [1.165, 1.54) is 10.9 Å². The lowest BCUT2D eigenvalue weighted by Gasteiger charge is -2.09. The maximum absolute atomic E-state index is 12.5. The van der Waals surface area contributed by atoms with Gasteiger partial charge in [0.1, 0.15) is 0 Å². The number of nitrogens with one attached hydrogen (secondary N) is 1. The average Bonchev–Trinajstić information content (AvgIpc) is 2.87. The second kappa shape index (κ2) is 6.35. The van der Waals surface area contributed by atoms with Crippen LogP contribution in [0.4, 0.5) is 18.9 Å². The van der Waals surface area contributed by atoms with Gasteiger partial charge < -0.3 is 5.32 Å². The molecule has 1 amide bonds. The Bertz CT molecular complexity index is 684. The van der Waals surface area contributed by atoms with E-state index in [1.54, 1.807) is 13.1 Å². The lowest BCUT2D eigenvalue weighted by molar-refractivity contribution is -0.137. The summed E-state index contributed by atoms with van der Waals surface area (Å²) >= 11 is 5.83. The molecule has 2 aromatic rings. The molecule has 0 unspecified atom stereocenters. The van der Waals surface area contributed by atoms with Gasteiger partial charge in [0.2, 0.25) is 5.91 Å². The van der Waals surface area contributed by atoms with Crippen LogP contribution in [0.15, 0.2) is 24.7 Å². The molecule has 0 fully saturated rings. The molecule has 0 aliphatic carbocycles. The number of amides is 1. The van der Waals surface area contributed by atoms with Crippen LogP contribution in [-0.4, -0.2) is 20.7 Å². The molecule has 9 heteroatoms. The Morgan fingerprint density at radius 2 is 2.14 bits per heavy atom. The summed E-state index contributed by atoms with van der Waals surface area (Å²) in [5, 5.41) is 6.52. The van der Waals surface area contributed by atoms with E-state index in [-0.39, 0.29) is 23.2 Å². The Morgan fingerprint density at radius 3 is 2.73 bits per heavy atom. The second-order valence-electron chi connectivity index (χ2n) is 4.48. The first-order valence-corrected chi connectivity index (χ1v) is 6.71. The standard InChI is InChI=1S/C13H12ClF3N4O/c1-2-12(22)20-9-5-19-21(6-9)7-11-10(14)3-8(4-18-11)13(15,16)17/h3-6H,2,7H2,1H3,(H,20,22). The highest BCUT2D eigenvalue weighted by atomic mass is 35.5. The number of halogens is 4. The molecule has 0 aliphatic rings. The summed E-state index contributed by atoms with van der Waals surface area (Å²) in [6.07, 6.45) is -0.449. The molecule has 2 rings (SSSR count). The molecule has 2 aromatic heterocycles. The lowest BCUT2D eigenvalue weighted by atomic mass is 10.2. The van der Waals surface area contributed by atoms with Crippen molar-refractivity contribution in [2.24, 2.45) is 0 Å². The van der Waals surface area contributed by atoms with Gasteiger partial charge in [0.25, 0.3) is 0 Å². The number of aromatic nitrogens is 3. The highest BCUT2D eigenvalue weighted by molar-refractivity contribution is 6.31. The van der Waals surface area contributed by atoms with Crippen LogP contribution in [0.2, 0.25) is 5.02 Å². The molecular formula is C13H12ClF3N4O. The Labute approximate surface area is 129 Å². The fraction of sp³-hybridized carbons (Fsp3) is 0.308. The molecule has 0 atom stereocenters. The van der Waals surface area contributed by atoms with Crippen molar-refractivity contribution >= 4 is 23.2 Å². The highest BCUT2D eigenvalue weighted by Crippen LogP contribution is 2.31. The zero-order chi connectivity index (χ0) is 16.3. The first kappa shape index (κ1) is 16.3. The van der Waals surface area contributed by atoms with E-state index in [2.05, 4.69) is 15.4 Å². The Balaban J connectivity index is 2.13. The molecule has 0 saturated carbocycles. The van der Waals surface area contributed by atoms with Crippen molar-refractivity contribution in [1.29, 1.82) is 0 Å². The molecule has 0 aliphatic heterocycles. The van der Waals surface area contributed by atoms with E-state index in [0.29, 0.717) is 12.1 Å². The highest BCUT2D eigenvalue weighted by Gasteiger charge is 2.31. The first-order chi connectivity index (χ1) is 10.3. The number of carbonyl (C=O) groups is 1. The molecule has 0 aromatic carbocycles. The van der Waals surface area contributed by atoms with Gasteiger partial charge in [-0.15, -0.1) is 0 Å². The average molecular weight is 333 g/mol. The molecule has 0 radical (unpaired) electrons. The predicted molar refractivity (Wildman–Crippen MR) is 74.5 cm³/mol. The lowest BCUT2D eigenvalue weighted by Crippen LogP contribution is -2.09. The molecule has 0 bridgehead atoms. The van der Waals surface area contributed by atoms with Crippen molar-refractivity contribution in [2.45, 2.75) is 26.1 Å². The van der Waals surface area contributed by atoms with Crippen LogP contribution in [0.1, 0.15) is 24.6 Å². The van der Waals surface area contributed by atoms with Crippen LogP contribution in [0.3, 0.4) is 0 Å². The smallest absolute Gasteiger partial charge is 0.323 e. The predicted octanol–water partition coefficient (Wildman–Crippen LogP) is 3.35. The summed E-state index contributed by atoms with van der Waals surface area (Å²) in [6.45, 7) is 1.81. The number of carbonyl (C=O) groups excluding carboxylic acids is 1. The molecule has 1 N–H and O–H groups in total. The van der Waals surface area contributed by atoms with Crippen molar-refractivity contribution < 1.29 is 18.0 Å². The van der Waals surface area contributed by atoms with Gasteiger partial charge in [-0.05, 0) is 6.07 Å². The zero-order valence-corrected chi connectivity index (χ0v) is 12.2. The van der Waals surface area contributed by atoms with Crippen LogP contribution in [0.25, 0.3) is 0 Å². The van der Waals surface area contributed by atoms with Crippen LogP contribution in [0, 0.1) is 0 Å². The van der Waals surface area contributed by atoms with E-state index in [1.807, 2.05) is 0 Å². The van der Waals surface area contributed by atoms with E-state index < -0.39 is 11.7 Å². The number of hydrogen-bond donors (Lipinski definition) is 1. The summed E-state index contributed by atoms with van der Waals surface area (Å²) in [7, 11) is 0. The van der Waals surface area contributed by atoms with Gasteiger partial charge in [0, 0.05) is 18.8 Å². The minimum Gasteiger partial charge on any atom is -0.323 e. The molecule has 2 heterocycles. The normalized spacial score (nSPS) is 11.5. The number of rotatable bonds is 4. The maximum Gasteiger partial charge on any atom is 0.417 e. The van der Waals surface area contributed by atoms with Gasteiger partial charge in [-0.1, -0.05) is 18.5 Å². The quantitative estimate of drug-likeness (QED) is 0.934. The number of nitrogens with zero attached hydrogens (tertiary/aromatic N) is 3. The summed E-state index contributed by atoms with van der Waals surface area (Å²) in [4.78, 5) is 15.0. The largest absolute Gasteiger partial charge is 0.417 e. The van der Waals surface area contributed by atoms with Crippen LogP contribution >= 0.6 is 11.6 Å². The fourth-order valence-electron chi connectivity index (χ4n) is 1.66. The first-order valence-electron chi connectivity index (χ1n) is 6.33. The Kier molecular flexibility index (Phi) is 4.70. The minimum absolute atomic E-state index is 0.0931. The van der Waals surface area contributed by atoms with Gasteiger partial charge in [0.15, 0.2) is 0 Å². The summed E-state index contributed by atoms with van der Waals surface area (Å²) < 4.78 is 39.0. The van der Waals surface area contributed by atoms with E-state index in [9.17, 15) is 18.0 Å². The third kappa shape index (κ3) is 3.97. The van der Waals surface area contributed by atoms with Crippen molar-refractivity contribution in [3.63, 3.8) is 0 Å². The summed E-state index contributed by atoms with van der Waals surface area (Å²) in [5.41, 5.74) is -0.154. The van der Waals surface area contributed by atoms with Gasteiger partial charge in [-0.2, -0.15) is 18.3 Å². The van der Waals surface area contributed by atoms with Crippen molar-refractivity contribution in [3.05, 3.63) is 40.9 Å². The Morgan fingerprint density at radius 1 is 1.41 bits per heavy atom. The second-order valence-corrected chi connectivity index (χ2v) is 4.89. The number of alkyl halides is 3. The van der Waals surface area contributed by atoms with E-state index >= 15 is 0 Å². The van der Waals surface area contributed by atoms with Gasteiger partial charge in [0.05, 0.1) is 34.7 Å². The zero-order valence-electron chi connectivity index (χ0n) is 11.5. The maximum atomic E-state index is 12.5. The molecule has 0 saturated heterocycles. The third-order valence-corrected chi connectivity index (χ3v) is 3.12. The van der Waals surface area contributed by atoms with E-state index in [4.69, 9.17) is 11.6 Å². The Hall–Kier alpha value is -2.09. The molecule has 5 nitrogen and oxygen atoms in total. The minimum atomic E-state index is -4.49. The van der Waals surface area contributed by atoms with Crippen molar-refractivity contribution in [3.8, 4) is 0 Å². The summed E-state index contributed by atoms with van der Waals surface area (Å²) in [5.74, 6) is -0.162. The van der Waals surface area contributed by atoms with E-state index in [0.717, 1.165) is 12.3 Å². The van der Waals surface area contributed by atoms with Crippen LogP contribution in [-0.2, 0) is 17.5 Å². The molecule has 0 spiro atoms. The van der Waals surface area contributed by atoms with Crippen molar-refractivity contribution in [2.75, 3.05) is 5.32 Å². The fourth-order valence-corrected chi connectivity index (χ4v) is 1.88. The number of anilines is 1. The summed E-state index contributed by atoms with van der Waals surface area (Å²) in [6, 6.07) is 0.827. The topological polar surface area (TPSA) is 59.8 Å². The molecule has 22 heavy (non-hydrogen) atoms. The third-order valence-electron chi connectivity index (χ3n) is 2.79. The van der Waals surface area contributed by atoms with Gasteiger partial charge in [-0.3, -0.25) is 14.5 Å². The van der Waals surface area contributed by atoms with Gasteiger partial charge >= 0.3 is 6.18 Å². The van der Waals surface area contributed by atoms with Crippen LogP contribution in [0.5, 0.6) is 0 Å². The van der Waals surface area contributed by atoms with Crippen molar-refractivity contribution in [1.82, 2.24) is 14.8 Å². The van der Waals surface area contributed by atoms with Gasteiger partial charge in [-0.25, -0.2) is 0 Å².